The van der Waals surface area contributed by atoms with Gasteiger partial charge >= 0.3 is 5.97 Å². The number of carboxylic acid groups (broad SMARTS) is 1. The van der Waals surface area contributed by atoms with Gasteiger partial charge in [-0.3, -0.25) is 9.59 Å². The molecule has 88 valence electrons. The van der Waals surface area contributed by atoms with Crippen LogP contribution in [0, 0.1) is 5.92 Å². The molecule has 0 aliphatic heterocycles. The molecule has 0 aromatic heterocycles. The third-order valence-corrected chi connectivity index (χ3v) is 2.69. The summed E-state index contributed by atoms with van der Waals surface area (Å²) in [6.07, 6.45) is 2.37. The van der Waals surface area contributed by atoms with Crippen LogP contribution in [0.15, 0.2) is 0 Å². The first kappa shape index (κ1) is 14.3. The minimum Gasteiger partial charge on any atom is -0.481 e. The lowest BCUT2D eigenvalue weighted by atomic mass is 10.0. The Morgan fingerprint density at radius 2 is 2.00 bits per heavy atom. The highest BCUT2D eigenvalue weighted by Gasteiger charge is 2.18. The van der Waals surface area contributed by atoms with Crippen LogP contribution in [0.5, 0.6) is 0 Å². The van der Waals surface area contributed by atoms with E-state index in [2.05, 4.69) is 5.32 Å². The van der Waals surface area contributed by atoms with Gasteiger partial charge in [0.25, 0.3) is 0 Å². The number of amides is 1. The molecule has 0 aromatic rings. The highest BCUT2D eigenvalue weighted by Crippen LogP contribution is 2.07. The van der Waals surface area contributed by atoms with E-state index in [1.165, 1.54) is 0 Å². The maximum absolute atomic E-state index is 11.4. The molecule has 0 saturated carbocycles. The number of hydrogen-bond donors (Lipinski definition) is 2. The average molecular weight is 233 g/mol. The minimum absolute atomic E-state index is 0.0112. The molecular weight excluding hydrogens is 214 g/mol. The van der Waals surface area contributed by atoms with Crippen molar-refractivity contribution in [3.05, 3.63) is 0 Å². The van der Waals surface area contributed by atoms with Crippen LogP contribution in [0.25, 0.3) is 0 Å². The number of rotatable bonds is 7. The van der Waals surface area contributed by atoms with Crippen LogP contribution in [0.2, 0.25) is 0 Å². The van der Waals surface area contributed by atoms with Crippen molar-refractivity contribution in [1.82, 2.24) is 5.32 Å². The number of carbonyl (C=O) groups is 2. The fourth-order valence-corrected chi connectivity index (χ4v) is 1.50. The van der Waals surface area contributed by atoms with Crippen LogP contribution in [-0.2, 0) is 9.59 Å². The Labute approximate surface area is 94.8 Å². The summed E-state index contributed by atoms with van der Waals surface area (Å²) >= 11 is 1.60. The van der Waals surface area contributed by atoms with Gasteiger partial charge in [0, 0.05) is 18.2 Å². The summed E-state index contributed by atoms with van der Waals surface area (Å²) in [4.78, 5) is 21.9. The van der Waals surface area contributed by atoms with E-state index < -0.39 is 5.97 Å². The van der Waals surface area contributed by atoms with Gasteiger partial charge in [-0.1, -0.05) is 13.8 Å². The zero-order chi connectivity index (χ0) is 11.8. The smallest absolute Gasteiger partial charge is 0.305 e. The SMILES string of the molecule is CSCCC(=O)NC(CC(=O)O)C(C)C. The van der Waals surface area contributed by atoms with Gasteiger partial charge in [-0.25, -0.2) is 0 Å². The first-order chi connectivity index (χ1) is 6.97. The van der Waals surface area contributed by atoms with Crippen molar-refractivity contribution >= 4 is 23.6 Å². The minimum atomic E-state index is -0.876. The molecule has 0 heterocycles. The molecule has 1 unspecified atom stereocenters. The molecule has 0 aliphatic carbocycles. The molecule has 0 bridgehead atoms. The molecule has 0 radical (unpaired) electrons. The van der Waals surface area contributed by atoms with E-state index in [1.54, 1.807) is 11.8 Å². The van der Waals surface area contributed by atoms with Crippen molar-refractivity contribution in [2.24, 2.45) is 5.92 Å². The lowest BCUT2D eigenvalue weighted by Gasteiger charge is -2.20. The van der Waals surface area contributed by atoms with Crippen LogP contribution in [0.1, 0.15) is 26.7 Å². The Balaban J connectivity index is 4.04. The van der Waals surface area contributed by atoms with E-state index in [0.29, 0.717) is 6.42 Å². The number of carbonyl (C=O) groups excluding carboxylic acids is 1. The molecule has 0 spiro atoms. The van der Waals surface area contributed by atoms with E-state index in [9.17, 15) is 9.59 Å². The molecule has 0 aromatic carbocycles. The van der Waals surface area contributed by atoms with E-state index in [0.717, 1.165) is 5.75 Å². The Hall–Kier alpha value is -0.710. The fraction of sp³-hybridized carbons (Fsp3) is 0.800. The van der Waals surface area contributed by atoms with Gasteiger partial charge in [-0.15, -0.1) is 0 Å². The summed E-state index contributed by atoms with van der Waals surface area (Å²) in [5.41, 5.74) is 0. The summed E-state index contributed by atoms with van der Waals surface area (Å²) in [6.45, 7) is 3.81. The largest absolute Gasteiger partial charge is 0.481 e. The predicted molar refractivity (Wildman–Crippen MR) is 62.0 cm³/mol. The van der Waals surface area contributed by atoms with Crippen LogP contribution in [0.3, 0.4) is 0 Å². The average Bonchev–Trinajstić information content (AvgIpc) is 2.12. The number of thioether (sulfide) groups is 1. The number of carboxylic acids is 1. The van der Waals surface area contributed by atoms with Gasteiger partial charge < -0.3 is 10.4 Å². The zero-order valence-corrected chi connectivity index (χ0v) is 10.3. The van der Waals surface area contributed by atoms with Gasteiger partial charge in [-0.2, -0.15) is 11.8 Å². The van der Waals surface area contributed by atoms with Crippen molar-refractivity contribution in [3.63, 3.8) is 0 Å². The van der Waals surface area contributed by atoms with Gasteiger partial charge in [-0.05, 0) is 12.2 Å². The van der Waals surface area contributed by atoms with Crippen molar-refractivity contribution in [3.8, 4) is 0 Å². The van der Waals surface area contributed by atoms with Crippen LogP contribution < -0.4 is 5.32 Å². The Kier molecular flexibility index (Phi) is 7.21. The Morgan fingerprint density at radius 3 is 2.40 bits per heavy atom. The maximum atomic E-state index is 11.4. The quantitative estimate of drug-likeness (QED) is 0.696. The number of aliphatic carboxylic acids is 1. The zero-order valence-electron chi connectivity index (χ0n) is 9.45. The summed E-state index contributed by atoms with van der Waals surface area (Å²) in [6, 6.07) is -0.267. The van der Waals surface area contributed by atoms with Gasteiger partial charge in [0.15, 0.2) is 0 Å². The molecular formula is C10H19NO3S. The van der Waals surface area contributed by atoms with Crippen LogP contribution >= 0.6 is 11.8 Å². The molecule has 0 rings (SSSR count). The van der Waals surface area contributed by atoms with Gasteiger partial charge in [0.1, 0.15) is 0 Å². The Bertz CT molecular complexity index is 219. The molecule has 15 heavy (non-hydrogen) atoms. The molecule has 4 nitrogen and oxygen atoms in total. The summed E-state index contributed by atoms with van der Waals surface area (Å²) < 4.78 is 0. The highest BCUT2D eigenvalue weighted by molar-refractivity contribution is 7.98. The van der Waals surface area contributed by atoms with Crippen LogP contribution in [0.4, 0.5) is 0 Å². The summed E-state index contributed by atoms with van der Waals surface area (Å²) in [7, 11) is 0. The number of hydrogen-bond acceptors (Lipinski definition) is 3. The highest BCUT2D eigenvalue weighted by atomic mass is 32.2. The molecule has 5 heteroatoms. The lowest BCUT2D eigenvalue weighted by molar-refractivity contribution is -0.138. The number of nitrogens with one attached hydrogen (secondary N) is 1. The van der Waals surface area contributed by atoms with Crippen LogP contribution in [-0.4, -0.2) is 35.0 Å². The Morgan fingerprint density at radius 1 is 1.40 bits per heavy atom. The second kappa shape index (κ2) is 7.56. The normalized spacial score (nSPS) is 12.5. The fourth-order valence-electron chi connectivity index (χ4n) is 1.12. The lowest BCUT2D eigenvalue weighted by Crippen LogP contribution is -2.40. The first-order valence-electron chi connectivity index (χ1n) is 4.97. The maximum Gasteiger partial charge on any atom is 0.305 e. The van der Waals surface area contributed by atoms with Gasteiger partial charge in [0.2, 0.25) is 5.91 Å². The second-order valence-corrected chi connectivity index (χ2v) is 4.74. The molecule has 0 aliphatic rings. The first-order valence-corrected chi connectivity index (χ1v) is 6.36. The van der Waals surface area contributed by atoms with E-state index in [1.807, 2.05) is 20.1 Å². The van der Waals surface area contributed by atoms with Crippen molar-refractivity contribution < 1.29 is 14.7 Å². The van der Waals surface area contributed by atoms with Crippen molar-refractivity contribution in [2.75, 3.05) is 12.0 Å². The van der Waals surface area contributed by atoms with Gasteiger partial charge in [0.05, 0.1) is 6.42 Å². The summed E-state index contributed by atoms with van der Waals surface area (Å²) in [5.74, 6) is -0.0357. The molecule has 0 saturated heterocycles. The predicted octanol–water partition coefficient (Wildman–Crippen LogP) is 1.35. The molecule has 1 atom stereocenters. The van der Waals surface area contributed by atoms with E-state index in [-0.39, 0.29) is 24.3 Å². The standard InChI is InChI=1S/C10H19NO3S/c1-7(2)8(6-10(13)14)11-9(12)4-5-15-3/h7-8H,4-6H2,1-3H3,(H,11,12)(H,13,14). The van der Waals surface area contributed by atoms with Crippen molar-refractivity contribution in [2.45, 2.75) is 32.7 Å². The van der Waals surface area contributed by atoms with E-state index in [4.69, 9.17) is 5.11 Å². The third kappa shape index (κ3) is 7.25. The van der Waals surface area contributed by atoms with E-state index >= 15 is 0 Å². The molecule has 0 fully saturated rings. The summed E-state index contributed by atoms with van der Waals surface area (Å²) in [5, 5.41) is 11.4. The monoisotopic (exact) mass is 233 g/mol. The molecule has 1 amide bonds. The third-order valence-electron chi connectivity index (χ3n) is 2.08. The van der Waals surface area contributed by atoms with Crippen molar-refractivity contribution in [1.29, 1.82) is 0 Å². The second-order valence-electron chi connectivity index (χ2n) is 3.76. The molecule has 2 N–H and O–H groups in total. The topological polar surface area (TPSA) is 66.4 Å².